The van der Waals surface area contributed by atoms with E-state index >= 15 is 0 Å². The minimum Gasteiger partial charge on any atom is -0.389 e. The van der Waals surface area contributed by atoms with Crippen LogP contribution in [0.2, 0.25) is 0 Å². The third-order valence-electron chi connectivity index (χ3n) is 2.60. The highest BCUT2D eigenvalue weighted by Gasteiger charge is 2.21. The molecule has 0 amide bonds. The van der Waals surface area contributed by atoms with Crippen molar-refractivity contribution >= 4 is 27.2 Å². The summed E-state index contributed by atoms with van der Waals surface area (Å²) in [5.74, 6) is 0. The molecule has 0 bridgehead atoms. The molecule has 100 valence electrons. The summed E-state index contributed by atoms with van der Waals surface area (Å²) in [6.07, 6.45) is 0.790. The minimum atomic E-state index is -3.41. The Hall–Kier alpha value is -0.980. The summed E-state index contributed by atoms with van der Waals surface area (Å²) in [7, 11) is -3.41. The van der Waals surface area contributed by atoms with Crippen LogP contribution in [0, 0.1) is 0 Å². The maximum Gasteiger partial charge on any atom is 0.243 e. The number of nitrogens with zero attached hydrogens (tertiary/aromatic N) is 1. The van der Waals surface area contributed by atoms with Gasteiger partial charge in [0.2, 0.25) is 10.0 Å². The third-order valence-corrected chi connectivity index (χ3v) is 4.83. The molecule has 0 aliphatic rings. The first kappa shape index (κ1) is 15.1. The van der Waals surface area contributed by atoms with E-state index in [9.17, 15) is 8.42 Å². The van der Waals surface area contributed by atoms with Gasteiger partial charge >= 0.3 is 0 Å². The molecule has 0 saturated heterocycles. The van der Waals surface area contributed by atoms with Gasteiger partial charge in [-0.1, -0.05) is 38.2 Å². The van der Waals surface area contributed by atoms with Crippen LogP contribution in [0.15, 0.2) is 29.2 Å². The van der Waals surface area contributed by atoms with Crippen LogP contribution in [0.5, 0.6) is 0 Å². The van der Waals surface area contributed by atoms with Crippen LogP contribution in [-0.2, 0) is 10.0 Å². The van der Waals surface area contributed by atoms with Crippen LogP contribution >= 0.6 is 12.2 Å². The molecule has 0 aromatic heterocycles. The Kier molecular flexibility index (Phi) is 5.25. The molecular weight excluding hydrogens is 268 g/mol. The Balaban J connectivity index is 3.08. The molecule has 1 rings (SSSR count). The van der Waals surface area contributed by atoms with Crippen molar-refractivity contribution < 1.29 is 8.42 Å². The van der Waals surface area contributed by atoms with Gasteiger partial charge in [0.1, 0.15) is 4.99 Å². The Labute approximate surface area is 114 Å². The molecule has 0 heterocycles. The van der Waals surface area contributed by atoms with Gasteiger partial charge in [-0.05, 0) is 18.6 Å². The van der Waals surface area contributed by atoms with Gasteiger partial charge < -0.3 is 5.73 Å². The van der Waals surface area contributed by atoms with E-state index in [1.165, 1.54) is 4.31 Å². The first-order valence-corrected chi connectivity index (χ1v) is 7.68. The second-order valence-corrected chi connectivity index (χ2v) is 6.26. The number of nitrogens with two attached hydrogens (primary N) is 1. The van der Waals surface area contributed by atoms with Gasteiger partial charge in [-0.15, -0.1) is 0 Å². The fraction of sp³-hybridized carbons (Fsp3) is 0.417. The highest BCUT2D eigenvalue weighted by molar-refractivity contribution is 7.89. The number of hydrogen-bond acceptors (Lipinski definition) is 3. The molecule has 2 N–H and O–H groups in total. The standard InChI is InChI=1S/C12H18N2O2S2/c1-3-9-14(4-2)18(15,16)11-7-5-10(6-8-11)12(13)17/h5-8H,3-4,9H2,1-2H3,(H2,13,17). The Bertz CT molecular complexity index is 509. The van der Waals surface area contributed by atoms with Crippen LogP contribution in [0.3, 0.4) is 0 Å². The Morgan fingerprint density at radius 2 is 1.83 bits per heavy atom. The summed E-state index contributed by atoms with van der Waals surface area (Å²) in [5.41, 5.74) is 6.15. The van der Waals surface area contributed by atoms with Crippen molar-refractivity contribution in [2.75, 3.05) is 13.1 Å². The number of benzene rings is 1. The topological polar surface area (TPSA) is 63.4 Å². The quantitative estimate of drug-likeness (QED) is 0.809. The molecule has 1 aromatic rings. The zero-order chi connectivity index (χ0) is 13.8. The fourth-order valence-corrected chi connectivity index (χ4v) is 3.31. The van der Waals surface area contributed by atoms with E-state index in [1.54, 1.807) is 24.3 Å². The van der Waals surface area contributed by atoms with E-state index in [2.05, 4.69) is 0 Å². The molecule has 1 aromatic carbocycles. The van der Waals surface area contributed by atoms with Crippen molar-refractivity contribution in [2.24, 2.45) is 5.73 Å². The van der Waals surface area contributed by atoms with Crippen LogP contribution < -0.4 is 5.73 Å². The Morgan fingerprint density at radius 3 is 2.22 bits per heavy atom. The maximum atomic E-state index is 12.3. The van der Waals surface area contributed by atoms with Gasteiger partial charge in [0.15, 0.2) is 0 Å². The van der Waals surface area contributed by atoms with Gasteiger partial charge in [-0.25, -0.2) is 8.42 Å². The lowest BCUT2D eigenvalue weighted by Gasteiger charge is -2.19. The largest absolute Gasteiger partial charge is 0.389 e. The monoisotopic (exact) mass is 286 g/mol. The highest BCUT2D eigenvalue weighted by atomic mass is 32.2. The lowest BCUT2D eigenvalue weighted by molar-refractivity contribution is 0.427. The lowest BCUT2D eigenvalue weighted by atomic mass is 10.2. The predicted molar refractivity (Wildman–Crippen MR) is 77.1 cm³/mol. The second kappa shape index (κ2) is 6.26. The van der Waals surface area contributed by atoms with Crippen molar-refractivity contribution in [3.63, 3.8) is 0 Å². The Morgan fingerprint density at radius 1 is 1.28 bits per heavy atom. The van der Waals surface area contributed by atoms with E-state index in [0.717, 1.165) is 6.42 Å². The summed E-state index contributed by atoms with van der Waals surface area (Å²) >= 11 is 4.83. The first-order valence-electron chi connectivity index (χ1n) is 5.83. The molecule has 0 aliphatic carbocycles. The molecule has 0 fully saturated rings. The third kappa shape index (κ3) is 3.28. The van der Waals surface area contributed by atoms with Gasteiger partial charge in [0, 0.05) is 18.7 Å². The van der Waals surface area contributed by atoms with Crippen molar-refractivity contribution in [1.82, 2.24) is 4.31 Å². The summed E-state index contributed by atoms with van der Waals surface area (Å²) < 4.78 is 26.1. The SMILES string of the molecule is CCCN(CC)S(=O)(=O)c1ccc(C(N)=S)cc1. The zero-order valence-corrected chi connectivity index (χ0v) is 12.2. The van der Waals surface area contributed by atoms with Gasteiger partial charge in [0.05, 0.1) is 4.90 Å². The molecule has 0 aliphatic heterocycles. The summed E-state index contributed by atoms with van der Waals surface area (Å²) in [6.45, 7) is 4.77. The fourth-order valence-electron chi connectivity index (χ4n) is 1.64. The van der Waals surface area contributed by atoms with Gasteiger partial charge in [0.25, 0.3) is 0 Å². The summed E-state index contributed by atoms with van der Waals surface area (Å²) in [6, 6.07) is 6.36. The van der Waals surface area contributed by atoms with E-state index in [-0.39, 0.29) is 9.88 Å². The smallest absolute Gasteiger partial charge is 0.243 e. The predicted octanol–water partition coefficient (Wildman–Crippen LogP) is 1.74. The highest BCUT2D eigenvalue weighted by Crippen LogP contribution is 2.16. The lowest BCUT2D eigenvalue weighted by Crippen LogP contribution is -2.31. The molecule has 18 heavy (non-hydrogen) atoms. The molecule has 0 atom stereocenters. The van der Waals surface area contributed by atoms with Crippen molar-refractivity contribution in [1.29, 1.82) is 0 Å². The number of sulfonamides is 1. The second-order valence-electron chi connectivity index (χ2n) is 3.89. The van der Waals surface area contributed by atoms with E-state index in [0.29, 0.717) is 18.7 Å². The summed E-state index contributed by atoms with van der Waals surface area (Å²) in [5, 5.41) is 0. The molecule has 0 radical (unpaired) electrons. The normalized spacial score (nSPS) is 11.7. The number of rotatable bonds is 6. The van der Waals surface area contributed by atoms with Crippen LogP contribution in [0.25, 0.3) is 0 Å². The van der Waals surface area contributed by atoms with Crippen molar-refractivity contribution in [2.45, 2.75) is 25.2 Å². The summed E-state index contributed by atoms with van der Waals surface area (Å²) in [4.78, 5) is 0.539. The zero-order valence-electron chi connectivity index (χ0n) is 10.6. The van der Waals surface area contributed by atoms with Crippen LogP contribution in [0.4, 0.5) is 0 Å². The molecule has 4 nitrogen and oxygen atoms in total. The first-order chi connectivity index (χ1) is 8.43. The molecule has 0 unspecified atom stereocenters. The molecule has 0 spiro atoms. The van der Waals surface area contributed by atoms with E-state index in [1.807, 2.05) is 13.8 Å². The average molecular weight is 286 g/mol. The average Bonchev–Trinajstić information content (AvgIpc) is 2.35. The van der Waals surface area contributed by atoms with Crippen LogP contribution in [0.1, 0.15) is 25.8 Å². The van der Waals surface area contributed by atoms with Crippen LogP contribution in [-0.4, -0.2) is 30.8 Å². The van der Waals surface area contributed by atoms with Crippen molar-refractivity contribution in [3.05, 3.63) is 29.8 Å². The molecule has 6 heteroatoms. The molecule has 0 saturated carbocycles. The van der Waals surface area contributed by atoms with E-state index < -0.39 is 10.0 Å². The minimum absolute atomic E-state index is 0.264. The van der Waals surface area contributed by atoms with E-state index in [4.69, 9.17) is 18.0 Å². The molecular formula is C12H18N2O2S2. The van der Waals surface area contributed by atoms with Gasteiger partial charge in [-0.2, -0.15) is 4.31 Å². The van der Waals surface area contributed by atoms with Crippen molar-refractivity contribution in [3.8, 4) is 0 Å². The number of thiocarbonyl (C=S) groups is 1. The maximum absolute atomic E-state index is 12.3. The van der Waals surface area contributed by atoms with Gasteiger partial charge in [-0.3, -0.25) is 0 Å². The number of hydrogen-bond donors (Lipinski definition) is 1.